The summed E-state index contributed by atoms with van der Waals surface area (Å²) in [4.78, 5) is 38.9. The van der Waals surface area contributed by atoms with E-state index in [9.17, 15) is 18.0 Å². The third kappa shape index (κ3) is 7.65. The SMILES string of the molecule is CS(=O)(=O)NCc1cccc(-c2cnc(CCCc3ccccc3)c(=O)n2CC(=O)CCc2cc3cnccc3[nH]2)c1. The predicted molar refractivity (Wildman–Crippen MR) is 164 cm³/mol. The molecule has 0 aliphatic heterocycles. The van der Waals surface area contributed by atoms with E-state index in [1.54, 1.807) is 30.7 Å². The highest BCUT2D eigenvalue weighted by Crippen LogP contribution is 2.21. The lowest BCUT2D eigenvalue weighted by Crippen LogP contribution is -2.30. The van der Waals surface area contributed by atoms with Crippen LogP contribution < -0.4 is 10.3 Å². The van der Waals surface area contributed by atoms with Gasteiger partial charge in [0.05, 0.1) is 24.7 Å². The normalized spacial score (nSPS) is 11.6. The first-order chi connectivity index (χ1) is 20.2. The van der Waals surface area contributed by atoms with E-state index in [-0.39, 0.29) is 30.9 Å². The van der Waals surface area contributed by atoms with Crippen LogP contribution in [0.5, 0.6) is 0 Å². The van der Waals surface area contributed by atoms with Crippen molar-refractivity contribution >= 4 is 26.7 Å². The monoisotopic (exact) mass is 583 g/mol. The quantitative estimate of drug-likeness (QED) is 0.214. The molecule has 0 spiro atoms. The molecule has 216 valence electrons. The summed E-state index contributed by atoms with van der Waals surface area (Å²) in [6, 6.07) is 21.2. The van der Waals surface area contributed by atoms with Crippen molar-refractivity contribution < 1.29 is 13.2 Å². The molecular formula is C32H33N5O4S. The predicted octanol–water partition coefficient (Wildman–Crippen LogP) is 4.21. The number of rotatable bonds is 13. The number of pyridine rings is 1. The third-order valence-electron chi connectivity index (χ3n) is 7.09. The summed E-state index contributed by atoms with van der Waals surface area (Å²) in [5, 5.41) is 0.984. The summed E-state index contributed by atoms with van der Waals surface area (Å²) in [5.74, 6) is -0.0773. The topological polar surface area (TPSA) is 127 Å². The molecule has 0 atom stereocenters. The van der Waals surface area contributed by atoms with Gasteiger partial charge in [0.1, 0.15) is 5.69 Å². The maximum atomic E-state index is 13.7. The van der Waals surface area contributed by atoms with Gasteiger partial charge in [-0.1, -0.05) is 48.5 Å². The van der Waals surface area contributed by atoms with Crippen molar-refractivity contribution in [2.24, 2.45) is 0 Å². The number of sulfonamides is 1. The number of fused-ring (bicyclic) bond motifs is 1. The molecule has 9 nitrogen and oxygen atoms in total. The molecule has 3 heterocycles. The van der Waals surface area contributed by atoms with Crippen molar-refractivity contribution in [1.29, 1.82) is 0 Å². The van der Waals surface area contributed by atoms with Gasteiger partial charge >= 0.3 is 0 Å². The van der Waals surface area contributed by atoms with Crippen molar-refractivity contribution in [3.63, 3.8) is 0 Å². The molecule has 10 heteroatoms. The van der Waals surface area contributed by atoms with Gasteiger partial charge in [0.25, 0.3) is 5.56 Å². The second-order valence-electron chi connectivity index (χ2n) is 10.4. The molecule has 0 saturated heterocycles. The zero-order chi connectivity index (χ0) is 29.5. The second-order valence-corrected chi connectivity index (χ2v) is 12.2. The van der Waals surface area contributed by atoms with Crippen LogP contribution in [-0.2, 0) is 47.2 Å². The number of H-pyrrole nitrogens is 1. The Hall–Kier alpha value is -4.41. The first-order valence-corrected chi connectivity index (χ1v) is 15.7. The lowest BCUT2D eigenvalue weighted by Gasteiger charge is -2.15. The van der Waals surface area contributed by atoms with Gasteiger partial charge in [-0.25, -0.2) is 13.1 Å². The number of hydrogen-bond donors (Lipinski definition) is 2. The Morgan fingerprint density at radius 3 is 2.55 bits per heavy atom. The van der Waals surface area contributed by atoms with Crippen molar-refractivity contribution in [2.75, 3.05) is 6.26 Å². The van der Waals surface area contributed by atoms with E-state index in [2.05, 4.69) is 31.8 Å². The second kappa shape index (κ2) is 13.1. The van der Waals surface area contributed by atoms with Gasteiger partial charge in [0.15, 0.2) is 5.78 Å². The number of carbonyl (C=O) groups is 1. The molecule has 0 bridgehead atoms. The number of hydrogen-bond acceptors (Lipinski definition) is 6. The molecule has 0 unspecified atom stereocenters. The summed E-state index contributed by atoms with van der Waals surface area (Å²) < 4.78 is 27.2. The highest BCUT2D eigenvalue weighted by molar-refractivity contribution is 7.88. The van der Waals surface area contributed by atoms with Crippen LogP contribution in [0.4, 0.5) is 0 Å². The average molecular weight is 584 g/mol. The molecule has 0 radical (unpaired) electrons. The Labute approximate surface area is 244 Å². The summed E-state index contributed by atoms with van der Waals surface area (Å²) in [7, 11) is -3.37. The van der Waals surface area contributed by atoms with Crippen LogP contribution in [0.1, 0.15) is 35.4 Å². The smallest absolute Gasteiger partial charge is 0.273 e. The standard InChI is InChI=1S/C32H33N5O4S/c1-42(40,41)35-19-24-10-5-11-25(17-24)31-21-34-30(12-6-9-23-7-3-2-4-8-23)32(39)37(31)22-28(38)14-13-27-18-26-20-33-16-15-29(26)36-27/h2-5,7-8,10-11,15-18,20-21,35-36H,6,9,12-14,19,22H2,1H3. The van der Waals surface area contributed by atoms with E-state index >= 15 is 0 Å². The molecule has 0 aliphatic carbocycles. The molecule has 0 fully saturated rings. The number of benzene rings is 2. The van der Waals surface area contributed by atoms with E-state index in [4.69, 9.17) is 0 Å². The number of nitrogens with zero attached hydrogens (tertiary/aromatic N) is 3. The van der Waals surface area contributed by atoms with Crippen molar-refractivity contribution in [3.8, 4) is 11.3 Å². The Morgan fingerprint density at radius 2 is 1.76 bits per heavy atom. The minimum absolute atomic E-state index is 0.0773. The molecular weight excluding hydrogens is 550 g/mol. The molecule has 0 aliphatic rings. The van der Waals surface area contributed by atoms with Crippen LogP contribution in [0.25, 0.3) is 22.2 Å². The Morgan fingerprint density at radius 1 is 0.952 bits per heavy atom. The van der Waals surface area contributed by atoms with E-state index in [1.165, 1.54) is 10.1 Å². The van der Waals surface area contributed by atoms with Gasteiger partial charge in [-0.2, -0.15) is 0 Å². The number of carbonyl (C=O) groups excluding carboxylic acids is 1. The van der Waals surface area contributed by atoms with Crippen molar-refractivity contribution in [3.05, 3.63) is 118 Å². The van der Waals surface area contributed by atoms with Crippen LogP contribution >= 0.6 is 0 Å². The van der Waals surface area contributed by atoms with E-state index < -0.39 is 10.0 Å². The maximum absolute atomic E-state index is 13.7. The van der Waals surface area contributed by atoms with E-state index in [0.29, 0.717) is 29.8 Å². The molecule has 5 rings (SSSR count). The molecule has 2 aromatic carbocycles. The molecule has 5 aromatic rings. The zero-order valence-corrected chi connectivity index (χ0v) is 24.2. The van der Waals surface area contributed by atoms with E-state index in [1.807, 2.05) is 42.5 Å². The number of Topliss-reactive ketones (excluding diaryl/α,β-unsaturated/α-hetero) is 1. The Kier molecular flexibility index (Phi) is 9.04. The number of aromatic amines is 1. The van der Waals surface area contributed by atoms with Gasteiger partial charge in [0.2, 0.25) is 10.0 Å². The first-order valence-electron chi connectivity index (χ1n) is 13.8. The lowest BCUT2D eigenvalue weighted by molar-refractivity contribution is -0.119. The number of aromatic nitrogens is 4. The molecule has 0 saturated carbocycles. The average Bonchev–Trinajstić information content (AvgIpc) is 3.40. The number of ketones is 1. The van der Waals surface area contributed by atoms with Crippen LogP contribution in [0.2, 0.25) is 0 Å². The fourth-order valence-corrected chi connectivity index (χ4v) is 5.37. The lowest BCUT2D eigenvalue weighted by atomic mass is 10.1. The van der Waals surface area contributed by atoms with Crippen LogP contribution in [0, 0.1) is 0 Å². The largest absolute Gasteiger partial charge is 0.358 e. The Bertz CT molecular complexity index is 1830. The molecule has 3 aromatic heterocycles. The summed E-state index contributed by atoms with van der Waals surface area (Å²) in [5.41, 5.74) is 5.13. The zero-order valence-electron chi connectivity index (χ0n) is 23.4. The summed E-state index contributed by atoms with van der Waals surface area (Å²) >= 11 is 0. The highest BCUT2D eigenvalue weighted by atomic mass is 32.2. The first kappa shape index (κ1) is 29.1. The van der Waals surface area contributed by atoms with Gasteiger partial charge in [-0.3, -0.25) is 24.1 Å². The van der Waals surface area contributed by atoms with E-state index in [0.717, 1.165) is 41.3 Å². The van der Waals surface area contributed by atoms with Crippen molar-refractivity contribution in [2.45, 2.75) is 45.2 Å². The fraction of sp³-hybridized carbons (Fsp3) is 0.250. The van der Waals surface area contributed by atoms with Gasteiger partial charge in [-0.15, -0.1) is 0 Å². The summed E-state index contributed by atoms with van der Waals surface area (Å²) in [6.07, 6.45) is 9.07. The van der Waals surface area contributed by atoms with Gasteiger partial charge in [-0.05, 0) is 55.0 Å². The fourth-order valence-electron chi connectivity index (χ4n) is 4.94. The number of nitrogens with one attached hydrogen (secondary N) is 2. The number of aryl methyl sites for hydroxylation is 3. The maximum Gasteiger partial charge on any atom is 0.273 e. The van der Waals surface area contributed by atoms with Gasteiger partial charge < -0.3 is 4.98 Å². The third-order valence-corrected chi connectivity index (χ3v) is 7.76. The van der Waals surface area contributed by atoms with Gasteiger partial charge in [0, 0.05) is 47.5 Å². The molecule has 0 amide bonds. The summed E-state index contributed by atoms with van der Waals surface area (Å²) in [6.45, 7) is 0.0246. The van der Waals surface area contributed by atoms with Crippen LogP contribution in [0.3, 0.4) is 0 Å². The van der Waals surface area contributed by atoms with Crippen LogP contribution in [-0.4, -0.2) is 40.0 Å². The highest BCUT2D eigenvalue weighted by Gasteiger charge is 2.16. The Balaban J connectivity index is 1.38. The minimum atomic E-state index is -3.37. The van der Waals surface area contributed by atoms with Crippen molar-refractivity contribution in [1.82, 2.24) is 24.2 Å². The molecule has 2 N–H and O–H groups in total. The van der Waals surface area contributed by atoms with Crippen LogP contribution in [0.15, 0.2) is 90.1 Å². The molecule has 42 heavy (non-hydrogen) atoms. The minimum Gasteiger partial charge on any atom is -0.358 e.